The molecule has 0 radical (unpaired) electrons. The van der Waals surface area contributed by atoms with E-state index in [4.69, 9.17) is 11.2 Å². The summed E-state index contributed by atoms with van der Waals surface area (Å²) in [6, 6.07) is 6.90. The minimum Gasteiger partial charge on any atom is -0.495 e. The first-order valence-corrected chi connectivity index (χ1v) is 4.89. The van der Waals surface area contributed by atoms with Crippen LogP contribution in [-0.2, 0) is 0 Å². The first-order valence-electron chi connectivity index (χ1n) is 4.89. The smallest absolute Gasteiger partial charge is 0.319 e. The third kappa shape index (κ3) is 3.54. The van der Waals surface area contributed by atoms with Crippen molar-refractivity contribution in [2.75, 3.05) is 19.0 Å². The van der Waals surface area contributed by atoms with Crippen molar-refractivity contribution >= 4 is 11.7 Å². The minimum absolute atomic E-state index is 0.292. The van der Waals surface area contributed by atoms with Crippen molar-refractivity contribution in [3.8, 4) is 18.1 Å². The molecule has 1 rings (SSSR count). The molecule has 0 atom stereocenters. The number of benzene rings is 1. The molecule has 16 heavy (non-hydrogen) atoms. The van der Waals surface area contributed by atoms with Crippen molar-refractivity contribution in [1.82, 2.24) is 5.32 Å². The summed E-state index contributed by atoms with van der Waals surface area (Å²) in [5, 5.41) is 5.31. The third-order valence-electron chi connectivity index (χ3n) is 1.91. The number of urea groups is 1. The number of terminal acetylenes is 1. The first kappa shape index (κ1) is 11.9. The zero-order valence-corrected chi connectivity index (χ0v) is 9.12. The maximum absolute atomic E-state index is 11.4. The molecule has 0 aliphatic rings. The van der Waals surface area contributed by atoms with Crippen LogP contribution in [-0.4, -0.2) is 19.7 Å². The second-order valence-corrected chi connectivity index (χ2v) is 3.04. The van der Waals surface area contributed by atoms with Crippen LogP contribution in [0.2, 0.25) is 0 Å². The number of hydrogen-bond donors (Lipinski definition) is 2. The molecule has 0 bridgehead atoms. The van der Waals surface area contributed by atoms with Crippen molar-refractivity contribution in [3.05, 3.63) is 24.3 Å². The van der Waals surface area contributed by atoms with Gasteiger partial charge in [-0.05, 0) is 12.1 Å². The highest BCUT2D eigenvalue weighted by atomic mass is 16.5. The van der Waals surface area contributed by atoms with E-state index in [-0.39, 0.29) is 6.03 Å². The van der Waals surface area contributed by atoms with Crippen LogP contribution in [0.5, 0.6) is 5.75 Å². The molecule has 1 aromatic rings. The Labute approximate surface area is 95.0 Å². The normalized spacial score (nSPS) is 9.00. The number of anilines is 1. The summed E-state index contributed by atoms with van der Waals surface area (Å²) in [5.41, 5.74) is 0.628. The van der Waals surface area contributed by atoms with Gasteiger partial charge in [0.25, 0.3) is 0 Å². The van der Waals surface area contributed by atoms with Gasteiger partial charge in [-0.2, -0.15) is 0 Å². The van der Waals surface area contributed by atoms with Gasteiger partial charge in [0.2, 0.25) is 0 Å². The monoisotopic (exact) mass is 218 g/mol. The van der Waals surface area contributed by atoms with Gasteiger partial charge in [-0.1, -0.05) is 12.1 Å². The molecule has 0 aliphatic heterocycles. The van der Waals surface area contributed by atoms with E-state index in [0.717, 1.165) is 0 Å². The van der Waals surface area contributed by atoms with Gasteiger partial charge in [-0.15, -0.1) is 12.3 Å². The van der Waals surface area contributed by atoms with E-state index in [2.05, 4.69) is 16.6 Å². The van der Waals surface area contributed by atoms with Crippen molar-refractivity contribution in [2.45, 2.75) is 6.42 Å². The predicted octanol–water partition coefficient (Wildman–Crippen LogP) is 1.84. The van der Waals surface area contributed by atoms with E-state index in [1.165, 1.54) is 0 Å². The van der Waals surface area contributed by atoms with Crippen LogP contribution < -0.4 is 15.4 Å². The summed E-state index contributed by atoms with van der Waals surface area (Å²) in [4.78, 5) is 11.4. The van der Waals surface area contributed by atoms with Gasteiger partial charge in [0.15, 0.2) is 0 Å². The number of para-hydroxylation sites is 2. The zero-order valence-electron chi connectivity index (χ0n) is 9.12. The van der Waals surface area contributed by atoms with Crippen molar-refractivity contribution in [1.29, 1.82) is 0 Å². The summed E-state index contributed by atoms with van der Waals surface area (Å²) in [6.45, 7) is 0.456. The molecule has 1 aromatic carbocycles. The average Bonchev–Trinajstić information content (AvgIpc) is 2.30. The highest BCUT2D eigenvalue weighted by Crippen LogP contribution is 2.22. The predicted molar refractivity (Wildman–Crippen MR) is 63.5 cm³/mol. The second kappa shape index (κ2) is 6.36. The molecule has 0 saturated carbocycles. The molecular weight excluding hydrogens is 204 g/mol. The van der Waals surface area contributed by atoms with E-state index < -0.39 is 0 Å². The SMILES string of the molecule is C#CCCNC(=O)Nc1ccccc1OC. The van der Waals surface area contributed by atoms with E-state index in [0.29, 0.717) is 24.4 Å². The number of hydrogen-bond acceptors (Lipinski definition) is 2. The molecule has 0 fully saturated rings. The van der Waals surface area contributed by atoms with Crippen LogP contribution in [0.15, 0.2) is 24.3 Å². The van der Waals surface area contributed by atoms with Crippen molar-refractivity contribution in [3.63, 3.8) is 0 Å². The number of carbonyl (C=O) groups is 1. The van der Waals surface area contributed by atoms with Crippen molar-refractivity contribution in [2.24, 2.45) is 0 Å². The fraction of sp³-hybridized carbons (Fsp3) is 0.250. The minimum atomic E-state index is -0.292. The number of rotatable bonds is 4. The van der Waals surface area contributed by atoms with E-state index in [1.54, 1.807) is 19.2 Å². The van der Waals surface area contributed by atoms with Crippen LogP contribution >= 0.6 is 0 Å². The Morgan fingerprint density at radius 1 is 1.50 bits per heavy atom. The van der Waals surface area contributed by atoms with Crippen LogP contribution in [0.4, 0.5) is 10.5 Å². The highest BCUT2D eigenvalue weighted by molar-refractivity contribution is 5.90. The molecule has 84 valence electrons. The lowest BCUT2D eigenvalue weighted by atomic mass is 10.3. The molecule has 0 heterocycles. The maximum Gasteiger partial charge on any atom is 0.319 e. The Hall–Kier alpha value is -2.15. The summed E-state index contributed by atoms with van der Waals surface area (Å²) in [7, 11) is 1.55. The fourth-order valence-electron chi connectivity index (χ4n) is 1.16. The lowest BCUT2D eigenvalue weighted by Gasteiger charge is -2.10. The molecule has 2 N–H and O–H groups in total. The lowest BCUT2D eigenvalue weighted by molar-refractivity contribution is 0.252. The molecular formula is C12H14N2O2. The summed E-state index contributed by atoms with van der Waals surface area (Å²) in [6.07, 6.45) is 5.58. The van der Waals surface area contributed by atoms with Crippen LogP contribution in [0.25, 0.3) is 0 Å². The van der Waals surface area contributed by atoms with E-state index in [1.807, 2.05) is 12.1 Å². The Morgan fingerprint density at radius 2 is 2.25 bits per heavy atom. The molecule has 4 heteroatoms. The van der Waals surface area contributed by atoms with E-state index >= 15 is 0 Å². The van der Waals surface area contributed by atoms with Crippen LogP contribution in [0, 0.1) is 12.3 Å². The number of carbonyl (C=O) groups excluding carboxylic acids is 1. The van der Waals surface area contributed by atoms with Crippen LogP contribution in [0.1, 0.15) is 6.42 Å². The second-order valence-electron chi connectivity index (χ2n) is 3.04. The van der Waals surface area contributed by atoms with Crippen LogP contribution in [0.3, 0.4) is 0 Å². The Bertz CT molecular complexity index is 396. The van der Waals surface area contributed by atoms with Gasteiger partial charge in [0.05, 0.1) is 12.8 Å². The average molecular weight is 218 g/mol. The van der Waals surface area contributed by atoms with Crippen molar-refractivity contribution < 1.29 is 9.53 Å². The largest absolute Gasteiger partial charge is 0.495 e. The summed E-state index contributed by atoms with van der Waals surface area (Å²) >= 11 is 0. The molecule has 0 spiro atoms. The Balaban J connectivity index is 2.53. The van der Waals surface area contributed by atoms with Gasteiger partial charge < -0.3 is 15.4 Å². The molecule has 4 nitrogen and oxygen atoms in total. The fourth-order valence-corrected chi connectivity index (χ4v) is 1.16. The Morgan fingerprint density at radius 3 is 2.94 bits per heavy atom. The number of nitrogens with one attached hydrogen (secondary N) is 2. The van der Waals surface area contributed by atoms with Gasteiger partial charge >= 0.3 is 6.03 Å². The number of amides is 2. The summed E-state index contributed by atoms with van der Waals surface area (Å²) < 4.78 is 5.10. The molecule has 0 aromatic heterocycles. The highest BCUT2D eigenvalue weighted by Gasteiger charge is 2.04. The van der Waals surface area contributed by atoms with E-state index in [9.17, 15) is 4.79 Å². The first-order chi connectivity index (χ1) is 7.77. The van der Waals surface area contributed by atoms with Gasteiger partial charge in [0.1, 0.15) is 5.75 Å². The molecule has 0 aliphatic carbocycles. The maximum atomic E-state index is 11.4. The standard InChI is InChI=1S/C12H14N2O2/c1-3-4-9-13-12(15)14-10-7-5-6-8-11(10)16-2/h1,5-8H,4,9H2,2H3,(H2,13,14,15). The third-order valence-corrected chi connectivity index (χ3v) is 1.91. The quantitative estimate of drug-likeness (QED) is 0.598. The van der Waals surface area contributed by atoms with Gasteiger partial charge in [-0.3, -0.25) is 0 Å². The summed E-state index contributed by atoms with van der Waals surface area (Å²) in [5.74, 6) is 3.06. The van der Waals surface area contributed by atoms with Gasteiger partial charge in [0, 0.05) is 13.0 Å². The molecule has 0 unspecified atom stereocenters. The Kier molecular flexibility index (Phi) is 4.74. The lowest BCUT2D eigenvalue weighted by Crippen LogP contribution is -2.29. The topological polar surface area (TPSA) is 50.4 Å². The number of methoxy groups -OCH3 is 1. The number of ether oxygens (including phenoxy) is 1. The molecule has 2 amide bonds. The van der Waals surface area contributed by atoms with Gasteiger partial charge in [-0.25, -0.2) is 4.79 Å². The zero-order chi connectivity index (χ0) is 11.8. The molecule has 0 saturated heterocycles.